The van der Waals surface area contributed by atoms with E-state index in [0.29, 0.717) is 10.8 Å². The van der Waals surface area contributed by atoms with Crippen molar-refractivity contribution in [3.8, 4) is 5.75 Å². The lowest BCUT2D eigenvalue weighted by Gasteiger charge is -2.39. The maximum Gasteiger partial charge on any atom is 0.139 e. The Morgan fingerprint density at radius 2 is 1.47 bits per heavy atom. The molecule has 3 rings (SSSR count). The fourth-order valence-electron chi connectivity index (χ4n) is 4.14. The van der Waals surface area contributed by atoms with Gasteiger partial charge >= 0.3 is 0 Å². The van der Waals surface area contributed by atoms with Gasteiger partial charge in [-0.15, -0.1) is 0 Å². The van der Waals surface area contributed by atoms with Gasteiger partial charge in [-0.3, -0.25) is 0 Å². The van der Waals surface area contributed by atoms with Gasteiger partial charge < -0.3 is 14.6 Å². The minimum absolute atomic E-state index is 0.387. The third-order valence-electron chi connectivity index (χ3n) is 7.60. The van der Waals surface area contributed by atoms with Gasteiger partial charge in [0.25, 0.3) is 0 Å². The number of hydrogen-bond donors (Lipinski definition) is 1. The van der Waals surface area contributed by atoms with Crippen LogP contribution in [-0.4, -0.2) is 16.2 Å². The van der Waals surface area contributed by atoms with Crippen LogP contribution >= 0.6 is 0 Å². The van der Waals surface area contributed by atoms with Crippen LogP contribution in [0.5, 0.6) is 5.75 Å². The molecule has 4 nitrogen and oxygen atoms in total. The van der Waals surface area contributed by atoms with E-state index in [1.807, 2.05) is 36.1 Å². The number of pyridine rings is 1. The predicted octanol–water partition coefficient (Wildman–Crippen LogP) is 8.89. The summed E-state index contributed by atoms with van der Waals surface area (Å²) in [6.07, 6.45) is 14.4. The van der Waals surface area contributed by atoms with Crippen molar-refractivity contribution in [1.29, 1.82) is 0 Å². The number of benzene rings is 1. The predicted molar refractivity (Wildman–Crippen MR) is 146 cm³/mol. The van der Waals surface area contributed by atoms with Crippen molar-refractivity contribution in [3.63, 3.8) is 0 Å². The first kappa shape index (κ1) is 26.1. The van der Waals surface area contributed by atoms with Gasteiger partial charge in [0.2, 0.25) is 0 Å². The standard InChI is InChI=1S/C30H45N3O/c1-29(2,3)30(4,5)19-12-10-8-7-9-11-13-21-34-27-16-14-25(15-17-27)32-26-22-24-18-20-33(6)28(24)31-23-26/h14-18,20,22-23,32H,7-13,19,21H2,1-6H3. The third kappa shape index (κ3) is 7.51. The molecule has 0 aliphatic carbocycles. The molecule has 0 saturated carbocycles. The molecule has 0 aliphatic heterocycles. The first-order chi connectivity index (χ1) is 16.2. The van der Waals surface area contributed by atoms with Crippen LogP contribution in [0.15, 0.2) is 48.8 Å². The van der Waals surface area contributed by atoms with Gasteiger partial charge in [-0.1, -0.05) is 73.1 Å². The molecule has 3 aromatic rings. The summed E-state index contributed by atoms with van der Waals surface area (Å²) < 4.78 is 7.97. The molecule has 0 radical (unpaired) electrons. The summed E-state index contributed by atoms with van der Waals surface area (Å²) in [4.78, 5) is 4.53. The molecule has 0 unspecified atom stereocenters. The van der Waals surface area contributed by atoms with E-state index < -0.39 is 0 Å². The van der Waals surface area contributed by atoms with Gasteiger partial charge in [-0.25, -0.2) is 4.98 Å². The van der Waals surface area contributed by atoms with Crippen LogP contribution in [0.4, 0.5) is 11.4 Å². The van der Waals surface area contributed by atoms with Crippen molar-refractivity contribution in [2.45, 2.75) is 86.0 Å². The zero-order valence-corrected chi connectivity index (χ0v) is 22.3. The Morgan fingerprint density at radius 1 is 0.824 bits per heavy atom. The zero-order chi connectivity index (χ0) is 24.6. The molecule has 1 aromatic carbocycles. The van der Waals surface area contributed by atoms with Crippen molar-refractivity contribution in [2.75, 3.05) is 11.9 Å². The van der Waals surface area contributed by atoms with Crippen molar-refractivity contribution in [2.24, 2.45) is 17.9 Å². The van der Waals surface area contributed by atoms with Gasteiger partial charge in [0.15, 0.2) is 0 Å². The number of unbranched alkanes of at least 4 members (excludes halogenated alkanes) is 6. The highest BCUT2D eigenvalue weighted by Gasteiger charge is 2.31. The summed E-state index contributed by atoms with van der Waals surface area (Å²) >= 11 is 0. The average Bonchev–Trinajstić information content (AvgIpc) is 3.15. The van der Waals surface area contributed by atoms with E-state index >= 15 is 0 Å². The molecule has 0 fully saturated rings. The molecule has 186 valence electrons. The van der Waals surface area contributed by atoms with Crippen molar-refractivity contribution in [3.05, 3.63) is 48.8 Å². The normalized spacial score (nSPS) is 12.3. The highest BCUT2D eigenvalue weighted by molar-refractivity contribution is 5.80. The lowest BCUT2D eigenvalue weighted by atomic mass is 9.67. The van der Waals surface area contributed by atoms with Gasteiger partial charge in [0.1, 0.15) is 11.4 Å². The number of ether oxygens (including phenoxy) is 1. The number of nitrogens with one attached hydrogen (secondary N) is 1. The minimum atomic E-state index is 0.387. The van der Waals surface area contributed by atoms with Crippen molar-refractivity contribution < 1.29 is 4.74 Å². The molecule has 0 saturated heterocycles. The van der Waals surface area contributed by atoms with Crippen LogP contribution in [0.2, 0.25) is 0 Å². The lowest BCUT2D eigenvalue weighted by Crippen LogP contribution is -2.29. The SMILES string of the molecule is Cn1ccc2cc(Nc3ccc(OCCCCCCCCCC(C)(C)C(C)(C)C)cc3)cnc21. The Balaban J connectivity index is 1.26. The molecular weight excluding hydrogens is 418 g/mol. The zero-order valence-electron chi connectivity index (χ0n) is 22.3. The van der Waals surface area contributed by atoms with E-state index in [4.69, 9.17) is 4.74 Å². The Hall–Kier alpha value is -2.49. The van der Waals surface area contributed by atoms with Crippen LogP contribution < -0.4 is 10.1 Å². The molecule has 34 heavy (non-hydrogen) atoms. The summed E-state index contributed by atoms with van der Waals surface area (Å²) in [7, 11) is 2.01. The fraction of sp³-hybridized carbons (Fsp3) is 0.567. The average molecular weight is 464 g/mol. The summed E-state index contributed by atoms with van der Waals surface area (Å²) in [5.74, 6) is 0.934. The second kappa shape index (κ2) is 11.8. The van der Waals surface area contributed by atoms with Crippen molar-refractivity contribution >= 4 is 22.4 Å². The summed E-state index contributed by atoms with van der Waals surface area (Å²) in [6, 6.07) is 12.4. The summed E-state index contributed by atoms with van der Waals surface area (Å²) in [5, 5.41) is 4.56. The highest BCUT2D eigenvalue weighted by Crippen LogP contribution is 2.42. The second-order valence-electron chi connectivity index (χ2n) is 11.4. The minimum Gasteiger partial charge on any atom is -0.494 e. The number of fused-ring (bicyclic) bond motifs is 1. The number of hydrogen-bond acceptors (Lipinski definition) is 3. The van der Waals surface area contributed by atoms with Gasteiger partial charge in [-0.2, -0.15) is 0 Å². The van der Waals surface area contributed by atoms with E-state index in [-0.39, 0.29) is 0 Å². The van der Waals surface area contributed by atoms with Gasteiger partial charge in [0, 0.05) is 24.3 Å². The molecule has 2 heterocycles. The largest absolute Gasteiger partial charge is 0.494 e. The van der Waals surface area contributed by atoms with Crippen LogP contribution in [-0.2, 0) is 7.05 Å². The Labute approximate surface area is 207 Å². The maximum atomic E-state index is 5.94. The lowest BCUT2D eigenvalue weighted by molar-refractivity contribution is 0.115. The molecule has 2 aromatic heterocycles. The van der Waals surface area contributed by atoms with Crippen LogP contribution in [0, 0.1) is 10.8 Å². The monoisotopic (exact) mass is 463 g/mol. The van der Waals surface area contributed by atoms with Crippen LogP contribution in [0.1, 0.15) is 86.0 Å². The number of anilines is 2. The molecule has 4 heteroatoms. The number of rotatable bonds is 13. The third-order valence-corrected chi connectivity index (χ3v) is 7.60. The molecule has 1 N–H and O–H groups in total. The van der Waals surface area contributed by atoms with E-state index in [0.717, 1.165) is 41.2 Å². The fourth-order valence-corrected chi connectivity index (χ4v) is 4.14. The Kier molecular flexibility index (Phi) is 9.04. The van der Waals surface area contributed by atoms with E-state index in [1.165, 1.54) is 44.9 Å². The maximum absolute atomic E-state index is 5.94. The number of nitrogens with zero attached hydrogens (tertiary/aromatic N) is 2. The molecule has 0 atom stereocenters. The first-order valence-electron chi connectivity index (χ1n) is 13.1. The molecular formula is C30H45N3O. The van der Waals surface area contributed by atoms with Crippen molar-refractivity contribution in [1.82, 2.24) is 9.55 Å². The van der Waals surface area contributed by atoms with E-state index in [1.54, 1.807) is 0 Å². The van der Waals surface area contributed by atoms with E-state index in [9.17, 15) is 0 Å². The topological polar surface area (TPSA) is 39.1 Å². The number of aromatic nitrogens is 2. The van der Waals surface area contributed by atoms with Gasteiger partial charge in [0.05, 0.1) is 18.5 Å². The number of aryl methyl sites for hydroxylation is 1. The highest BCUT2D eigenvalue weighted by atomic mass is 16.5. The first-order valence-corrected chi connectivity index (χ1v) is 13.1. The molecule has 0 spiro atoms. The Morgan fingerprint density at radius 3 is 2.15 bits per heavy atom. The quantitative estimate of drug-likeness (QED) is 0.257. The summed E-state index contributed by atoms with van der Waals surface area (Å²) in [6.45, 7) is 12.7. The second-order valence-corrected chi connectivity index (χ2v) is 11.4. The molecule has 0 aliphatic rings. The molecule has 0 amide bonds. The summed E-state index contributed by atoms with van der Waals surface area (Å²) in [5.41, 5.74) is 3.83. The smallest absolute Gasteiger partial charge is 0.139 e. The van der Waals surface area contributed by atoms with Gasteiger partial charge in [-0.05, 0) is 60.1 Å². The van der Waals surface area contributed by atoms with E-state index in [2.05, 4.69) is 69.2 Å². The Bertz CT molecular complexity index is 1010. The molecule has 0 bridgehead atoms. The van der Waals surface area contributed by atoms with Crippen LogP contribution in [0.3, 0.4) is 0 Å². The van der Waals surface area contributed by atoms with Crippen LogP contribution in [0.25, 0.3) is 11.0 Å².